The van der Waals surface area contributed by atoms with E-state index in [1.807, 2.05) is 31.2 Å². The molecule has 6 nitrogen and oxygen atoms in total. The minimum absolute atomic E-state index is 0.189. The zero-order chi connectivity index (χ0) is 21.6. The van der Waals surface area contributed by atoms with E-state index in [0.717, 1.165) is 16.9 Å². The summed E-state index contributed by atoms with van der Waals surface area (Å²) in [6.45, 7) is 1.89. The van der Waals surface area contributed by atoms with Gasteiger partial charge in [0.25, 0.3) is 10.0 Å². The van der Waals surface area contributed by atoms with Crippen LogP contribution in [0, 0.1) is 6.92 Å². The summed E-state index contributed by atoms with van der Waals surface area (Å²) in [7, 11) is -2.07. The molecule has 2 N–H and O–H groups in total. The highest BCUT2D eigenvalue weighted by atomic mass is 32.2. The van der Waals surface area contributed by atoms with Gasteiger partial charge in [0.1, 0.15) is 5.75 Å². The standard InChI is InChI=1S/C23H22N2O4S/c1-17-3-14-22(15-4-17)30(27,28)25-20-10-8-19(9-11-20)24-23(26)16-7-18-5-12-21(29-2)13-6-18/h3-16,25H,1-2H3,(H,24,26). The van der Waals surface area contributed by atoms with Crippen molar-refractivity contribution >= 4 is 33.4 Å². The monoisotopic (exact) mass is 422 g/mol. The van der Waals surface area contributed by atoms with Crippen LogP contribution in [0.3, 0.4) is 0 Å². The second-order valence-electron chi connectivity index (χ2n) is 6.59. The Hall–Kier alpha value is -3.58. The molecule has 0 bridgehead atoms. The summed E-state index contributed by atoms with van der Waals surface area (Å²) in [6, 6.07) is 20.4. The van der Waals surface area contributed by atoms with Gasteiger partial charge < -0.3 is 10.1 Å². The molecule has 0 aliphatic rings. The molecule has 30 heavy (non-hydrogen) atoms. The fourth-order valence-corrected chi connectivity index (χ4v) is 3.68. The number of benzene rings is 3. The van der Waals surface area contributed by atoms with Crippen LogP contribution in [0.25, 0.3) is 6.08 Å². The first-order valence-electron chi connectivity index (χ1n) is 9.18. The van der Waals surface area contributed by atoms with Gasteiger partial charge in [-0.3, -0.25) is 9.52 Å². The summed E-state index contributed by atoms with van der Waals surface area (Å²) < 4.78 is 32.5. The number of methoxy groups -OCH3 is 1. The third kappa shape index (κ3) is 5.71. The summed E-state index contributed by atoms with van der Waals surface area (Å²) in [4.78, 5) is 12.3. The van der Waals surface area contributed by atoms with Gasteiger partial charge in [0.15, 0.2) is 0 Å². The van der Waals surface area contributed by atoms with Crippen LogP contribution >= 0.6 is 0 Å². The van der Waals surface area contributed by atoms with Gasteiger partial charge >= 0.3 is 0 Å². The van der Waals surface area contributed by atoms with Crippen molar-refractivity contribution in [2.24, 2.45) is 0 Å². The van der Waals surface area contributed by atoms with Crippen molar-refractivity contribution in [3.8, 4) is 5.75 Å². The maximum atomic E-state index is 12.4. The van der Waals surface area contributed by atoms with Crippen LogP contribution in [0.15, 0.2) is 83.8 Å². The molecule has 154 valence electrons. The maximum absolute atomic E-state index is 12.4. The number of nitrogens with one attached hydrogen (secondary N) is 2. The van der Waals surface area contributed by atoms with Gasteiger partial charge in [0, 0.05) is 17.5 Å². The number of carbonyl (C=O) groups is 1. The Kier molecular flexibility index (Phi) is 6.54. The number of carbonyl (C=O) groups excluding carboxylic acids is 1. The zero-order valence-electron chi connectivity index (χ0n) is 16.6. The van der Waals surface area contributed by atoms with Gasteiger partial charge in [-0.15, -0.1) is 0 Å². The van der Waals surface area contributed by atoms with Crippen molar-refractivity contribution < 1.29 is 17.9 Å². The molecular formula is C23H22N2O4S. The van der Waals surface area contributed by atoms with Crippen molar-refractivity contribution in [3.05, 3.63) is 90.0 Å². The molecule has 7 heteroatoms. The summed E-state index contributed by atoms with van der Waals surface area (Å²) in [5.74, 6) is 0.452. The lowest BCUT2D eigenvalue weighted by atomic mass is 10.2. The van der Waals surface area contributed by atoms with E-state index in [1.54, 1.807) is 61.7 Å². The third-order valence-electron chi connectivity index (χ3n) is 4.28. The normalized spacial score (nSPS) is 11.3. The summed E-state index contributed by atoms with van der Waals surface area (Å²) >= 11 is 0. The molecule has 3 rings (SSSR count). The van der Waals surface area contributed by atoms with E-state index in [0.29, 0.717) is 11.4 Å². The SMILES string of the molecule is COc1ccc(C=CC(=O)Nc2ccc(NS(=O)(=O)c3ccc(C)cc3)cc2)cc1. The Bertz CT molecular complexity index is 1140. The largest absolute Gasteiger partial charge is 0.497 e. The van der Waals surface area contributed by atoms with Gasteiger partial charge in [0.05, 0.1) is 12.0 Å². The number of anilines is 2. The van der Waals surface area contributed by atoms with E-state index >= 15 is 0 Å². The lowest BCUT2D eigenvalue weighted by Crippen LogP contribution is -2.13. The van der Waals surface area contributed by atoms with Crippen LogP contribution < -0.4 is 14.8 Å². The maximum Gasteiger partial charge on any atom is 0.261 e. The van der Waals surface area contributed by atoms with E-state index < -0.39 is 10.0 Å². The fourth-order valence-electron chi connectivity index (χ4n) is 2.62. The molecule has 0 fully saturated rings. The Balaban J connectivity index is 1.60. The van der Waals surface area contributed by atoms with Crippen LogP contribution in [0.2, 0.25) is 0 Å². The number of sulfonamides is 1. The highest BCUT2D eigenvalue weighted by Gasteiger charge is 2.13. The molecule has 0 aliphatic carbocycles. The molecule has 0 spiro atoms. The third-order valence-corrected chi connectivity index (χ3v) is 5.68. The van der Waals surface area contributed by atoms with Gasteiger partial charge in [0.2, 0.25) is 5.91 Å². The molecule has 0 aromatic heterocycles. The van der Waals surface area contributed by atoms with Gasteiger partial charge in [-0.2, -0.15) is 0 Å². The molecule has 0 saturated heterocycles. The molecular weight excluding hydrogens is 400 g/mol. The number of rotatable bonds is 7. The molecule has 0 aliphatic heterocycles. The summed E-state index contributed by atoms with van der Waals surface area (Å²) in [5.41, 5.74) is 2.81. The van der Waals surface area contributed by atoms with E-state index in [9.17, 15) is 13.2 Å². The average Bonchev–Trinajstić information content (AvgIpc) is 2.74. The Labute approximate surface area is 176 Å². The molecule has 3 aromatic rings. The minimum Gasteiger partial charge on any atom is -0.497 e. The molecule has 3 aromatic carbocycles. The van der Waals surface area contributed by atoms with Gasteiger partial charge in [-0.05, 0) is 67.1 Å². The first kappa shape index (κ1) is 21.1. The first-order valence-corrected chi connectivity index (χ1v) is 10.7. The molecule has 0 heterocycles. The lowest BCUT2D eigenvalue weighted by molar-refractivity contribution is -0.111. The second kappa shape index (κ2) is 9.28. The van der Waals surface area contributed by atoms with Crippen LogP contribution in [0.5, 0.6) is 5.75 Å². The lowest BCUT2D eigenvalue weighted by Gasteiger charge is -2.09. The number of hydrogen-bond acceptors (Lipinski definition) is 4. The van der Waals surface area contributed by atoms with Crippen molar-refractivity contribution in [1.29, 1.82) is 0 Å². The quantitative estimate of drug-likeness (QED) is 0.551. The molecule has 0 unspecified atom stereocenters. The molecule has 0 atom stereocenters. The second-order valence-corrected chi connectivity index (χ2v) is 8.27. The topological polar surface area (TPSA) is 84.5 Å². The highest BCUT2D eigenvalue weighted by Crippen LogP contribution is 2.19. The number of hydrogen-bond donors (Lipinski definition) is 2. The summed E-state index contributed by atoms with van der Waals surface area (Å²) in [5, 5.41) is 2.74. The fraction of sp³-hybridized carbons (Fsp3) is 0.0870. The van der Waals surface area contributed by atoms with Crippen molar-refractivity contribution in [2.75, 3.05) is 17.1 Å². The molecule has 0 radical (unpaired) electrons. The minimum atomic E-state index is -3.67. The smallest absolute Gasteiger partial charge is 0.261 e. The van der Waals surface area contributed by atoms with E-state index in [2.05, 4.69) is 10.0 Å². The number of aryl methyl sites for hydroxylation is 1. The Morgan fingerprint density at radius 1 is 0.867 bits per heavy atom. The van der Waals surface area contributed by atoms with Crippen molar-refractivity contribution in [2.45, 2.75) is 11.8 Å². The number of ether oxygens (including phenoxy) is 1. The Morgan fingerprint density at radius 2 is 1.47 bits per heavy atom. The molecule has 1 amide bonds. The first-order chi connectivity index (χ1) is 14.4. The van der Waals surface area contributed by atoms with E-state index in [4.69, 9.17) is 4.74 Å². The van der Waals surface area contributed by atoms with Crippen molar-refractivity contribution in [3.63, 3.8) is 0 Å². The predicted molar refractivity (Wildman–Crippen MR) is 119 cm³/mol. The van der Waals surface area contributed by atoms with Crippen LogP contribution in [-0.4, -0.2) is 21.4 Å². The highest BCUT2D eigenvalue weighted by molar-refractivity contribution is 7.92. The van der Waals surface area contributed by atoms with Gasteiger partial charge in [-0.1, -0.05) is 29.8 Å². The van der Waals surface area contributed by atoms with Crippen LogP contribution in [0.1, 0.15) is 11.1 Å². The van der Waals surface area contributed by atoms with Crippen molar-refractivity contribution in [1.82, 2.24) is 0 Å². The van der Waals surface area contributed by atoms with Crippen LogP contribution in [-0.2, 0) is 14.8 Å². The zero-order valence-corrected chi connectivity index (χ0v) is 17.4. The summed E-state index contributed by atoms with van der Waals surface area (Å²) in [6.07, 6.45) is 3.12. The number of amides is 1. The van der Waals surface area contributed by atoms with Crippen LogP contribution in [0.4, 0.5) is 11.4 Å². The Morgan fingerprint density at radius 3 is 2.07 bits per heavy atom. The molecule has 0 saturated carbocycles. The van der Waals surface area contributed by atoms with Gasteiger partial charge in [-0.25, -0.2) is 8.42 Å². The predicted octanol–water partition coefficient (Wildman–Crippen LogP) is 4.46. The van der Waals surface area contributed by atoms with E-state index in [-0.39, 0.29) is 10.8 Å². The van der Waals surface area contributed by atoms with E-state index in [1.165, 1.54) is 6.08 Å². The average molecular weight is 423 g/mol.